The van der Waals surface area contributed by atoms with Gasteiger partial charge in [-0.2, -0.15) is 5.10 Å². The van der Waals surface area contributed by atoms with Crippen LogP contribution < -0.4 is 5.32 Å². The lowest BCUT2D eigenvalue weighted by molar-refractivity contribution is 0.356. The van der Waals surface area contributed by atoms with Gasteiger partial charge in [-0.15, -0.1) is 0 Å². The highest BCUT2D eigenvalue weighted by molar-refractivity contribution is 5.82. The van der Waals surface area contributed by atoms with E-state index in [1.807, 2.05) is 0 Å². The third kappa shape index (κ3) is 2.16. The molecule has 3 rings (SSSR count). The van der Waals surface area contributed by atoms with Crippen molar-refractivity contribution in [2.24, 2.45) is 0 Å². The number of benzene rings is 1. The van der Waals surface area contributed by atoms with Crippen LogP contribution in [0.4, 0.5) is 0 Å². The topological polar surface area (TPSA) is 29.9 Å². The molecule has 0 bridgehead atoms. The number of fused-ring (bicyclic) bond motifs is 1. The summed E-state index contributed by atoms with van der Waals surface area (Å²) in [6, 6.07) is 8.61. The second-order valence-corrected chi connectivity index (χ2v) is 5.62. The van der Waals surface area contributed by atoms with E-state index in [0.29, 0.717) is 0 Å². The summed E-state index contributed by atoms with van der Waals surface area (Å²) in [7, 11) is 0. The fraction of sp³-hybridized carbons (Fsp3) is 0.562. The van der Waals surface area contributed by atoms with Gasteiger partial charge in [0.05, 0.1) is 11.2 Å². The number of para-hydroxylation sites is 1. The third-order valence-electron chi connectivity index (χ3n) is 4.55. The van der Waals surface area contributed by atoms with Crippen LogP contribution >= 0.6 is 0 Å². The van der Waals surface area contributed by atoms with E-state index in [0.717, 1.165) is 19.5 Å². The van der Waals surface area contributed by atoms with Gasteiger partial charge in [-0.25, -0.2) is 0 Å². The first-order valence-corrected chi connectivity index (χ1v) is 7.47. The van der Waals surface area contributed by atoms with E-state index >= 15 is 0 Å². The number of nitrogens with one attached hydrogen (secondary N) is 1. The second-order valence-electron chi connectivity index (χ2n) is 5.62. The Morgan fingerprint density at radius 3 is 2.84 bits per heavy atom. The van der Waals surface area contributed by atoms with E-state index in [9.17, 15) is 0 Å². The largest absolute Gasteiger partial charge is 0.311 e. The molecule has 0 aliphatic carbocycles. The summed E-state index contributed by atoms with van der Waals surface area (Å²) in [5.41, 5.74) is 2.80. The summed E-state index contributed by atoms with van der Waals surface area (Å²) in [4.78, 5) is 0. The molecule has 1 N–H and O–H groups in total. The Bertz CT molecular complexity index is 564. The molecule has 0 spiro atoms. The van der Waals surface area contributed by atoms with Crippen molar-refractivity contribution in [3.8, 4) is 0 Å². The first-order valence-electron chi connectivity index (χ1n) is 7.47. The molecule has 1 aliphatic heterocycles. The Kier molecular flexibility index (Phi) is 3.31. The van der Waals surface area contributed by atoms with Crippen molar-refractivity contribution in [3.63, 3.8) is 0 Å². The fourth-order valence-corrected chi connectivity index (χ4v) is 3.33. The Hall–Kier alpha value is -1.35. The lowest BCUT2D eigenvalue weighted by Crippen LogP contribution is -2.41. The number of nitrogens with zero attached hydrogens (tertiary/aromatic N) is 2. The van der Waals surface area contributed by atoms with Crippen molar-refractivity contribution in [2.45, 2.75) is 51.6 Å². The fourth-order valence-electron chi connectivity index (χ4n) is 3.33. The molecule has 2 aromatic rings. The van der Waals surface area contributed by atoms with Crippen LogP contribution in [0, 0.1) is 0 Å². The molecule has 1 fully saturated rings. The van der Waals surface area contributed by atoms with Gasteiger partial charge in [-0.05, 0) is 38.8 Å². The molecule has 102 valence electrons. The molecule has 1 aliphatic rings. The van der Waals surface area contributed by atoms with E-state index in [2.05, 4.69) is 48.1 Å². The predicted molar refractivity (Wildman–Crippen MR) is 79.4 cm³/mol. The van der Waals surface area contributed by atoms with E-state index < -0.39 is 0 Å². The summed E-state index contributed by atoms with van der Waals surface area (Å²) in [5, 5.41) is 9.88. The second kappa shape index (κ2) is 4.97. The number of hydrogen-bond donors (Lipinski definition) is 1. The maximum atomic E-state index is 4.84. The highest BCUT2D eigenvalue weighted by atomic mass is 15.3. The summed E-state index contributed by atoms with van der Waals surface area (Å²) < 4.78 is 2.13. The summed E-state index contributed by atoms with van der Waals surface area (Å²) in [6.07, 6.45) is 4.80. The minimum Gasteiger partial charge on any atom is -0.311 e. The van der Waals surface area contributed by atoms with E-state index in [4.69, 9.17) is 5.10 Å². The van der Waals surface area contributed by atoms with Gasteiger partial charge >= 0.3 is 0 Å². The molecule has 1 aromatic carbocycles. The monoisotopic (exact) mass is 257 g/mol. The van der Waals surface area contributed by atoms with Crippen molar-refractivity contribution in [1.29, 1.82) is 0 Å². The molecular formula is C16H23N3. The first kappa shape index (κ1) is 12.7. The lowest BCUT2D eigenvalue weighted by Gasteiger charge is -2.27. The van der Waals surface area contributed by atoms with Crippen molar-refractivity contribution in [2.75, 3.05) is 6.54 Å². The van der Waals surface area contributed by atoms with Crippen LogP contribution in [-0.2, 0) is 13.0 Å². The summed E-state index contributed by atoms with van der Waals surface area (Å²) >= 11 is 0. The van der Waals surface area contributed by atoms with Gasteiger partial charge in [0.2, 0.25) is 0 Å². The van der Waals surface area contributed by atoms with Crippen molar-refractivity contribution >= 4 is 10.9 Å². The molecule has 3 nitrogen and oxygen atoms in total. The van der Waals surface area contributed by atoms with Gasteiger partial charge in [0.25, 0.3) is 0 Å². The molecular weight excluding hydrogens is 234 g/mol. The SMILES string of the molecule is CCn1nc(CC2(CC)CCCN2)c2ccccc21. The van der Waals surface area contributed by atoms with Crippen molar-refractivity contribution in [3.05, 3.63) is 30.0 Å². The minimum atomic E-state index is 0.274. The molecule has 0 radical (unpaired) electrons. The van der Waals surface area contributed by atoms with Crippen molar-refractivity contribution < 1.29 is 0 Å². The molecule has 19 heavy (non-hydrogen) atoms. The van der Waals surface area contributed by atoms with Gasteiger partial charge in [0.1, 0.15) is 0 Å². The van der Waals surface area contributed by atoms with Crippen LogP contribution in [0.5, 0.6) is 0 Å². The van der Waals surface area contributed by atoms with E-state index in [-0.39, 0.29) is 5.54 Å². The zero-order chi connectivity index (χ0) is 13.3. The van der Waals surface area contributed by atoms with Gasteiger partial charge in [0, 0.05) is 23.9 Å². The molecule has 3 heteroatoms. The Morgan fingerprint density at radius 1 is 1.32 bits per heavy atom. The van der Waals surface area contributed by atoms with Gasteiger partial charge < -0.3 is 5.32 Å². The normalized spacial score (nSPS) is 23.3. The molecule has 0 saturated carbocycles. The number of rotatable bonds is 4. The Labute approximate surface area is 115 Å². The van der Waals surface area contributed by atoms with Gasteiger partial charge in [-0.3, -0.25) is 4.68 Å². The number of aromatic nitrogens is 2. The lowest BCUT2D eigenvalue weighted by atomic mass is 9.88. The Morgan fingerprint density at radius 2 is 2.16 bits per heavy atom. The molecule has 0 amide bonds. The average Bonchev–Trinajstić information content (AvgIpc) is 3.05. The van der Waals surface area contributed by atoms with Crippen LogP contribution in [0.2, 0.25) is 0 Å². The molecule has 1 saturated heterocycles. The van der Waals surface area contributed by atoms with Crippen LogP contribution in [0.15, 0.2) is 24.3 Å². The maximum Gasteiger partial charge on any atom is 0.0721 e. The minimum absolute atomic E-state index is 0.274. The predicted octanol–water partition coefficient (Wildman–Crippen LogP) is 3.13. The van der Waals surface area contributed by atoms with Crippen LogP contribution in [0.25, 0.3) is 10.9 Å². The standard InChI is InChI=1S/C16H23N3/c1-3-16(10-7-11-17-16)12-14-13-8-5-6-9-15(13)19(4-2)18-14/h5-6,8-9,17H,3-4,7,10-12H2,1-2H3. The first-order chi connectivity index (χ1) is 9.28. The third-order valence-corrected chi connectivity index (χ3v) is 4.55. The summed E-state index contributed by atoms with van der Waals surface area (Å²) in [6.45, 7) is 6.54. The smallest absolute Gasteiger partial charge is 0.0721 e. The number of hydrogen-bond acceptors (Lipinski definition) is 2. The van der Waals surface area contributed by atoms with Crippen LogP contribution in [0.3, 0.4) is 0 Å². The zero-order valence-corrected chi connectivity index (χ0v) is 11.9. The summed E-state index contributed by atoms with van der Waals surface area (Å²) in [5.74, 6) is 0. The van der Waals surface area contributed by atoms with E-state index in [1.54, 1.807) is 0 Å². The molecule has 2 heterocycles. The van der Waals surface area contributed by atoms with E-state index in [1.165, 1.54) is 35.9 Å². The average molecular weight is 257 g/mol. The zero-order valence-electron chi connectivity index (χ0n) is 11.9. The van der Waals surface area contributed by atoms with Gasteiger partial charge in [0.15, 0.2) is 0 Å². The molecule has 1 unspecified atom stereocenters. The number of aryl methyl sites for hydroxylation is 1. The quantitative estimate of drug-likeness (QED) is 0.912. The molecule has 1 aromatic heterocycles. The van der Waals surface area contributed by atoms with Crippen LogP contribution in [0.1, 0.15) is 38.8 Å². The Balaban J connectivity index is 2.01. The molecule has 1 atom stereocenters. The van der Waals surface area contributed by atoms with Crippen molar-refractivity contribution in [1.82, 2.24) is 15.1 Å². The van der Waals surface area contributed by atoms with Crippen LogP contribution in [-0.4, -0.2) is 21.9 Å². The maximum absolute atomic E-state index is 4.84. The highest BCUT2D eigenvalue weighted by Crippen LogP contribution is 2.29. The highest BCUT2D eigenvalue weighted by Gasteiger charge is 2.33. The van der Waals surface area contributed by atoms with Gasteiger partial charge in [-0.1, -0.05) is 25.1 Å².